The number of nitrogens with one attached hydrogen (secondary N) is 1. The molecule has 1 aromatic carbocycles. The predicted octanol–water partition coefficient (Wildman–Crippen LogP) is 3.14. The van der Waals surface area contributed by atoms with E-state index in [4.69, 9.17) is 31.9 Å². The number of amides is 2. The highest BCUT2D eigenvalue weighted by molar-refractivity contribution is 6.32. The zero-order chi connectivity index (χ0) is 24.6. The average Bonchev–Trinajstić information content (AvgIpc) is 2.69. The first-order valence-electron chi connectivity index (χ1n) is 11.1. The molecule has 1 saturated heterocycles. The molecular weight excluding hydrogens is 450 g/mol. The maximum Gasteiger partial charge on any atom is 0.407 e. The van der Waals surface area contributed by atoms with Gasteiger partial charge in [0.25, 0.3) is 0 Å². The van der Waals surface area contributed by atoms with Gasteiger partial charge in [0.2, 0.25) is 5.91 Å². The molecular formula is C23H34ClN3O6. The van der Waals surface area contributed by atoms with E-state index in [-0.39, 0.29) is 25.5 Å². The minimum atomic E-state index is -0.826. The van der Waals surface area contributed by atoms with Crippen LogP contribution in [0.25, 0.3) is 0 Å². The Labute approximate surface area is 199 Å². The number of benzene rings is 1. The third kappa shape index (κ3) is 9.47. The van der Waals surface area contributed by atoms with Gasteiger partial charge >= 0.3 is 12.1 Å². The number of rotatable bonds is 10. The van der Waals surface area contributed by atoms with Crippen LogP contribution in [-0.2, 0) is 14.3 Å². The standard InChI is InChI=1S/C23H34ClN3O6/c1-23(2,3)33-22(31)26-16(7-8-19(25)28)14-32-18-6-4-5-17(21(18)24)15-9-11-27(12-10-15)13-20(29)30/h4-6,15-16H,7-14H2,1-3H3,(H2,25,28)(H,26,31)(H,29,30). The van der Waals surface area contributed by atoms with Crippen molar-refractivity contribution in [3.8, 4) is 5.75 Å². The van der Waals surface area contributed by atoms with Crippen molar-refractivity contribution in [1.29, 1.82) is 0 Å². The van der Waals surface area contributed by atoms with E-state index in [1.807, 2.05) is 17.0 Å². The number of alkyl carbamates (subject to hydrolysis) is 1. The summed E-state index contributed by atoms with van der Waals surface area (Å²) < 4.78 is 11.2. The van der Waals surface area contributed by atoms with Crippen LogP contribution in [0.2, 0.25) is 5.02 Å². The molecule has 0 aliphatic carbocycles. The fraction of sp³-hybridized carbons (Fsp3) is 0.609. The highest BCUT2D eigenvalue weighted by Crippen LogP contribution is 2.37. The van der Waals surface area contributed by atoms with Crippen molar-refractivity contribution in [3.05, 3.63) is 28.8 Å². The Morgan fingerprint density at radius 3 is 2.52 bits per heavy atom. The maximum absolute atomic E-state index is 12.2. The van der Waals surface area contributed by atoms with Gasteiger partial charge in [0.15, 0.2) is 0 Å². The Kier molecular flexibility index (Phi) is 9.79. The molecule has 0 radical (unpaired) electrons. The lowest BCUT2D eigenvalue weighted by molar-refractivity contribution is -0.138. The van der Waals surface area contributed by atoms with Crippen LogP contribution in [0.3, 0.4) is 0 Å². The number of piperidine rings is 1. The van der Waals surface area contributed by atoms with Crippen molar-refractivity contribution in [1.82, 2.24) is 10.2 Å². The Morgan fingerprint density at radius 2 is 1.94 bits per heavy atom. The molecule has 1 aliphatic heterocycles. The lowest BCUT2D eigenvalue weighted by Gasteiger charge is -2.31. The van der Waals surface area contributed by atoms with E-state index in [9.17, 15) is 14.4 Å². The van der Waals surface area contributed by atoms with Crippen LogP contribution in [0.5, 0.6) is 5.75 Å². The molecule has 0 spiro atoms. The molecule has 2 amide bonds. The molecule has 2 rings (SSSR count). The van der Waals surface area contributed by atoms with E-state index in [2.05, 4.69) is 5.32 Å². The second-order valence-electron chi connectivity index (χ2n) is 9.26. The summed E-state index contributed by atoms with van der Waals surface area (Å²) in [6.07, 6.45) is 1.39. The van der Waals surface area contributed by atoms with Crippen LogP contribution >= 0.6 is 11.6 Å². The lowest BCUT2D eigenvalue weighted by atomic mass is 9.89. The number of carboxylic acid groups (broad SMARTS) is 1. The van der Waals surface area contributed by atoms with Gasteiger partial charge < -0.3 is 25.6 Å². The van der Waals surface area contributed by atoms with E-state index in [1.165, 1.54) is 0 Å². The number of carbonyl (C=O) groups is 3. The van der Waals surface area contributed by atoms with Gasteiger partial charge in [-0.1, -0.05) is 23.7 Å². The molecule has 0 aromatic heterocycles. The summed E-state index contributed by atoms with van der Waals surface area (Å²) in [5.74, 6) is -0.609. The third-order valence-corrected chi connectivity index (χ3v) is 5.68. The van der Waals surface area contributed by atoms with Gasteiger partial charge in [-0.2, -0.15) is 0 Å². The second kappa shape index (κ2) is 12.1. The van der Waals surface area contributed by atoms with Gasteiger partial charge in [-0.25, -0.2) is 4.79 Å². The van der Waals surface area contributed by atoms with Crippen molar-refractivity contribution in [2.45, 2.75) is 64.0 Å². The number of ether oxygens (including phenoxy) is 2. The number of hydrogen-bond acceptors (Lipinski definition) is 6. The van der Waals surface area contributed by atoms with Gasteiger partial charge in [-0.3, -0.25) is 14.5 Å². The summed E-state index contributed by atoms with van der Waals surface area (Å²) in [6, 6.07) is 5.08. The smallest absolute Gasteiger partial charge is 0.407 e. The molecule has 1 atom stereocenters. The van der Waals surface area contributed by atoms with Crippen LogP contribution in [0.1, 0.15) is 57.9 Å². The quantitative estimate of drug-likeness (QED) is 0.465. The van der Waals surface area contributed by atoms with Crippen molar-refractivity contribution in [2.75, 3.05) is 26.2 Å². The van der Waals surface area contributed by atoms with Crippen LogP contribution in [0.4, 0.5) is 4.79 Å². The zero-order valence-electron chi connectivity index (χ0n) is 19.4. The number of hydrogen-bond donors (Lipinski definition) is 3. The minimum absolute atomic E-state index is 0.0426. The van der Waals surface area contributed by atoms with Crippen LogP contribution < -0.4 is 15.8 Å². The van der Waals surface area contributed by atoms with Crippen LogP contribution in [0.15, 0.2) is 18.2 Å². The molecule has 1 aliphatic rings. The number of nitrogens with zero attached hydrogens (tertiary/aromatic N) is 1. The SMILES string of the molecule is CC(C)(C)OC(=O)NC(CCC(N)=O)COc1cccc(C2CCN(CC(=O)O)CC2)c1Cl. The monoisotopic (exact) mass is 483 g/mol. The fourth-order valence-corrected chi connectivity index (χ4v) is 4.06. The summed E-state index contributed by atoms with van der Waals surface area (Å²) in [4.78, 5) is 36.2. The number of likely N-dealkylation sites (tertiary alicyclic amines) is 1. The first kappa shape index (κ1) is 26.7. The Hall–Kier alpha value is -2.52. The summed E-state index contributed by atoms with van der Waals surface area (Å²) in [5.41, 5.74) is 5.56. The molecule has 10 heteroatoms. The second-order valence-corrected chi connectivity index (χ2v) is 9.64. The molecule has 1 unspecified atom stereocenters. The molecule has 33 heavy (non-hydrogen) atoms. The highest BCUT2D eigenvalue weighted by atomic mass is 35.5. The Bertz CT molecular complexity index is 834. The Balaban J connectivity index is 2.02. The largest absolute Gasteiger partial charge is 0.490 e. The first-order chi connectivity index (χ1) is 15.4. The van der Waals surface area contributed by atoms with E-state index in [0.29, 0.717) is 30.3 Å². The molecule has 1 fully saturated rings. The minimum Gasteiger partial charge on any atom is -0.490 e. The van der Waals surface area contributed by atoms with Crippen molar-refractivity contribution >= 4 is 29.6 Å². The molecule has 9 nitrogen and oxygen atoms in total. The maximum atomic E-state index is 12.2. The molecule has 4 N–H and O–H groups in total. The van der Waals surface area contributed by atoms with Gasteiger partial charge in [0.1, 0.15) is 18.0 Å². The average molecular weight is 484 g/mol. The van der Waals surface area contributed by atoms with Gasteiger partial charge in [-0.15, -0.1) is 0 Å². The number of primary amides is 1. The fourth-order valence-electron chi connectivity index (χ4n) is 3.73. The first-order valence-corrected chi connectivity index (χ1v) is 11.5. The van der Waals surface area contributed by atoms with E-state index < -0.39 is 29.6 Å². The summed E-state index contributed by atoms with van der Waals surface area (Å²) >= 11 is 6.65. The van der Waals surface area contributed by atoms with Gasteiger partial charge in [-0.05, 0) is 70.7 Å². The van der Waals surface area contributed by atoms with Crippen LogP contribution in [0, 0.1) is 0 Å². The lowest BCUT2D eigenvalue weighted by Crippen LogP contribution is -2.42. The molecule has 1 aromatic rings. The van der Waals surface area contributed by atoms with E-state index in [1.54, 1.807) is 26.8 Å². The summed E-state index contributed by atoms with van der Waals surface area (Å²) in [7, 11) is 0. The normalized spacial score (nSPS) is 16.1. The summed E-state index contributed by atoms with van der Waals surface area (Å²) in [5, 5.41) is 12.2. The number of aliphatic carboxylic acids is 1. The Morgan fingerprint density at radius 1 is 1.27 bits per heavy atom. The molecule has 184 valence electrons. The van der Waals surface area contributed by atoms with Gasteiger partial charge in [0.05, 0.1) is 17.6 Å². The topological polar surface area (TPSA) is 131 Å². The number of halogens is 1. The van der Waals surface area contributed by atoms with Crippen LogP contribution in [-0.4, -0.2) is 65.9 Å². The summed E-state index contributed by atoms with van der Waals surface area (Å²) in [6.45, 7) is 6.80. The van der Waals surface area contributed by atoms with E-state index >= 15 is 0 Å². The van der Waals surface area contributed by atoms with Crippen molar-refractivity contribution in [3.63, 3.8) is 0 Å². The molecule has 1 heterocycles. The third-order valence-electron chi connectivity index (χ3n) is 5.28. The molecule has 0 bridgehead atoms. The highest BCUT2D eigenvalue weighted by Gasteiger charge is 2.25. The number of nitrogens with two attached hydrogens (primary N) is 1. The van der Waals surface area contributed by atoms with Crippen molar-refractivity contribution in [2.24, 2.45) is 5.73 Å². The predicted molar refractivity (Wildman–Crippen MR) is 125 cm³/mol. The van der Waals surface area contributed by atoms with E-state index in [0.717, 1.165) is 18.4 Å². The molecule has 0 saturated carbocycles. The van der Waals surface area contributed by atoms with Gasteiger partial charge in [0, 0.05) is 6.42 Å². The zero-order valence-corrected chi connectivity index (χ0v) is 20.2. The number of carboxylic acids is 1. The number of carbonyl (C=O) groups excluding carboxylic acids is 2. The van der Waals surface area contributed by atoms with Crippen molar-refractivity contribution < 1.29 is 29.0 Å².